The van der Waals surface area contributed by atoms with E-state index in [-0.39, 0.29) is 11.8 Å². The molecule has 5 heteroatoms. The number of aryl methyl sites for hydroxylation is 1. The second-order valence-electron chi connectivity index (χ2n) is 8.95. The highest BCUT2D eigenvalue weighted by Gasteiger charge is 2.31. The Morgan fingerprint density at radius 3 is 2.00 bits per heavy atom. The first kappa shape index (κ1) is 20.8. The van der Waals surface area contributed by atoms with Crippen molar-refractivity contribution in [2.45, 2.75) is 57.4 Å². The number of likely N-dealkylation sites (tertiary alicyclic amines) is 2. The number of hydrogen-bond donors (Lipinski definition) is 0. The lowest BCUT2D eigenvalue weighted by atomic mass is 9.97. The Balaban J connectivity index is 1.73. The average molecular weight is 393 g/mol. The van der Waals surface area contributed by atoms with Crippen molar-refractivity contribution < 1.29 is 8.42 Å². The molecule has 1 atom stereocenters. The lowest BCUT2D eigenvalue weighted by Crippen LogP contribution is -2.51. The van der Waals surface area contributed by atoms with Crippen LogP contribution in [0.15, 0.2) is 29.2 Å². The first-order chi connectivity index (χ1) is 12.8. The van der Waals surface area contributed by atoms with Crippen molar-refractivity contribution in [2.75, 3.05) is 38.5 Å². The van der Waals surface area contributed by atoms with Crippen LogP contribution in [0.25, 0.3) is 0 Å². The van der Waals surface area contributed by atoms with Gasteiger partial charge in [0.15, 0.2) is 9.84 Å². The Morgan fingerprint density at radius 1 is 0.926 bits per heavy atom. The van der Waals surface area contributed by atoms with E-state index in [4.69, 9.17) is 0 Å². The summed E-state index contributed by atoms with van der Waals surface area (Å²) in [7, 11) is -3.27. The highest BCUT2D eigenvalue weighted by molar-refractivity contribution is 7.91. The largest absolute Gasteiger partial charge is 0.302 e. The van der Waals surface area contributed by atoms with Crippen molar-refractivity contribution in [1.82, 2.24) is 9.80 Å². The molecule has 2 saturated heterocycles. The third-order valence-electron chi connectivity index (χ3n) is 6.47. The van der Waals surface area contributed by atoms with Crippen LogP contribution in [-0.4, -0.2) is 62.7 Å². The van der Waals surface area contributed by atoms with E-state index in [2.05, 4.69) is 23.6 Å². The summed E-state index contributed by atoms with van der Waals surface area (Å²) in [6.07, 6.45) is 4.82. The minimum absolute atomic E-state index is 0.0946. The molecule has 0 amide bonds. The fourth-order valence-electron chi connectivity index (χ4n) is 4.31. The van der Waals surface area contributed by atoms with Gasteiger partial charge in [-0.3, -0.25) is 4.90 Å². The van der Waals surface area contributed by atoms with Crippen molar-refractivity contribution >= 4 is 9.84 Å². The van der Waals surface area contributed by atoms with Gasteiger partial charge in [-0.15, -0.1) is 0 Å². The van der Waals surface area contributed by atoms with E-state index in [0.717, 1.165) is 50.1 Å². The van der Waals surface area contributed by atoms with E-state index >= 15 is 0 Å². The molecule has 0 spiro atoms. The third-order valence-corrected chi connectivity index (χ3v) is 8.29. The maximum Gasteiger partial charge on any atom is 0.179 e. The van der Waals surface area contributed by atoms with Gasteiger partial charge in [0, 0.05) is 12.6 Å². The summed E-state index contributed by atoms with van der Waals surface area (Å²) in [5, 5.41) is 0. The minimum atomic E-state index is -3.27. The fraction of sp³-hybridized carbons (Fsp3) is 0.727. The van der Waals surface area contributed by atoms with Gasteiger partial charge in [-0.1, -0.05) is 31.5 Å². The molecular weight excluding hydrogens is 356 g/mol. The van der Waals surface area contributed by atoms with Crippen LogP contribution in [0.2, 0.25) is 0 Å². The highest BCUT2D eigenvalue weighted by atomic mass is 32.2. The van der Waals surface area contributed by atoms with Crippen LogP contribution in [0.1, 0.15) is 45.1 Å². The summed E-state index contributed by atoms with van der Waals surface area (Å²) >= 11 is 0. The molecule has 2 fully saturated rings. The molecule has 0 aromatic heterocycles. The molecule has 1 aromatic rings. The molecule has 0 unspecified atom stereocenters. The number of benzene rings is 1. The molecule has 0 bridgehead atoms. The number of nitrogens with zero attached hydrogens (tertiary/aromatic N) is 2. The first-order valence-corrected chi connectivity index (χ1v) is 12.2. The Hall–Kier alpha value is -0.910. The third kappa shape index (κ3) is 5.78. The molecule has 2 aliphatic heterocycles. The Labute approximate surface area is 165 Å². The van der Waals surface area contributed by atoms with Crippen molar-refractivity contribution in [2.24, 2.45) is 11.8 Å². The van der Waals surface area contributed by atoms with Gasteiger partial charge in [-0.2, -0.15) is 0 Å². The van der Waals surface area contributed by atoms with E-state index in [1.807, 2.05) is 19.1 Å². The molecule has 152 valence electrons. The standard InChI is InChI=1S/C22H36N2O2S/c1-18-4-6-22(7-5-18)27(25,26)17-21(24-14-10-20(3)11-15-24)16-23-12-8-19(2)9-13-23/h4-7,19-21H,8-17H2,1-3H3/t21-/m0/s1. The second kappa shape index (κ2) is 9.06. The summed E-state index contributed by atoms with van der Waals surface area (Å²) in [4.78, 5) is 5.41. The van der Waals surface area contributed by atoms with E-state index in [1.54, 1.807) is 12.1 Å². The van der Waals surface area contributed by atoms with Crippen molar-refractivity contribution in [3.8, 4) is 0 Å². The van der Waals surface area contributed by atoms with Gasteiger partial charge in [0.1, 0.15) is 0 Å². The SMILES string of the molecule is Cc1ccc(S(=O)(=O)C[C@H](CN2CCC(C)CC2)N2CCC(C)CC2)cc1. The molecule has 0 N–H and O–H groups in total. The molecule has 2 aliphatic rings. The van der Waals surface area contributed by atoms with Gasteiger partial charge in [-0.05, 0) is 82.8 Å². The molecule has 0 saturated carbocycles. The molecule has 0 aliphatic carbocycles. The number of piperidine rings is 2. The van der Waals surface area contributed by atoms with Crippen LogP contribution < -0.4 is 0 Å². The topological polar surface area (TPSA) is 40.6 Å². The van der Waals surface area contributed by atoms with Crippen LogP contribution in [-0.2, 0) is 9.84 Å². The lowest BCUT2D eigenvalue weighted by molar-refractivity contribution is 0.0974. The summed E-state index contributed by atoms with van der Waals surface area (Å²) in [6.45, 7) is 11.8. The molecule has 1 aromatic carbocycles. The monoisotopic (exact) mass is 392 g/mol. The van der Waals surface area contributed by atoms with Gasteiger partial charge in [0.25, 0.3) is 0 Å². The zero-order valence-corrected chi connectivity index (χ0v) is 18.0. The van der Waals surface area contributed by atoms with E-state index in [0.29, 0.717) is 4.90 Å². The quantitative estimate of drug-likeness (QED) is 0.742. The number of sulfone groups is 1. The summed E-state index contributed by atoms with van der Waals surface area (Å²) in [6, 6.07) is 7.43. The highest BCUT2D eigenvalue weighted by Crippen LogP contribution is 2.23. The summed E-state index contributed by atoms with van der Waals surface area (Å²) in [5.41, 5.74) is 1.10. The fourth-order valence-corrected chi connectivity index (χ4v) is 5.87. The molecular formula is C22H36N2O2S. The van der Waals surface area contributed by atoms with E-state index < -0.39 is 9.84 Å². The average Bonchev–Trinajstić information content (AvgIpc) is 2.64. The van der Waals surface area contributed by atoms with Crippen molar-refractivity contribution in [3.05, 3.63) is 29.8 Å². The summed E-state index contributed by atoms with van der Waals surface area (Å²) in [5.74, 6) is 1.79. The smallest absolute Gasteiger partial charge is 0.179 e. The lowest BCUT2D eigenvalue weighted by Gasteiger charge is -2.40. The van der Waals surface area contributed by atoms with Crippen LogP contribution in [0, 0.1) is 18.8 Å². The van der Waals surface area contributed by atoms with Crippen LogP contribution in [0.3, 0.4) is 0 Å². The Bertz CT molecular complexity index is 686. The minimum Gasteiger partial charge on any atom is -0.302 e. The van der Waals surface area contributed by atoms with Crippen LogP contribution in [0.5, 0.6) is 0 Å². The first-order valence-electron chi connectivity index (χ1n) is 10.6. The number of hydrogen-bond acceptors (Lipinski definition) is 4. The molecule has 27 heavy (non-hydrogen) atoms. The molecule has 2 heterocycles. The zero-order valence-electron chi connectivity index (χ0n) is 17.2. The van der Waals surface area contributed by atoms with Crippen molar-refractivity contribution in [3.63, 3.8) is 0 Å². The molecule has 3 rings (SSSR count). The molecule has 0 radical (unpaired) electrons. The normalized spacial score (nSPS) is 22.8. The predicted octanol–water partition coefficient (Wildman–Crippen LogP) is 3.60. The van der Waals surface area contributed by atoms with Gasteiger partial charge in [0.05, 0.1) is 10.6 Å². The van der Waals surface area contributed by atoms with Gasteiger partial charge >= 0.3 is 0 Å². The van der Waals surface area contributed by atoms with Crippen LogP contribution in [0.4, 0.5) is 0 Å². The second-order valence-corrected chi connectivity index (χ2v) is 11.0. The van der Waals surface area contributed by atoms with Gasteiger partial charge in [0.2, 0.25) is 0 Å². The van der Waals surface area contributed by atoms with Crippen LogP contribution >= 0.6 is 0 Å². The number of rotatable bonds is 6. The molecule has 4 nitrogen and oxygen atoms in total. The maximum absolute atomic E-state index is 13.1. The Morgan fingerprint density at radius 2 is 1.44 bits per heavy atom. The van der Waals surface area contributed by atoms with Crippen molar-refractivity contribution in [1.29, 1.82) is 0 Å². The van der Waals surface area contributed by atoms with E-state index in [9.17, 15) is 8.42 Å². The summed E-state index contributed by atoms with van der Waals surface area (Å²) < 4.78 is 26.2. The van der Waals surface area contributed by atoms with Gasteiger partial charge in [-0.25, -0.2) is 8.42 Å². The predicted molar refractivity (Wildman–Crippen MR) is 112 cm³/mol. The Kier molecular flexibility index (Phi) is 6.98. The maximum atomic E-state index is 13.1. The van der Waals surface area contributed by atoms with E-state index in [1.165, 1.54) is 25.7 Å². The zero-order chi connectivity index (χ0) is 19.4. The van der Waals surface area contributed by atoms with Gasteiger partial charge < -0.3 is 4.90 Å².